The van der Waals surface area contributed by atoms with Gasteiger partial charge in [-0.3, -0.25) is 4.79 Å². The number of amides is 1. The second-order valence-corrected chi connectivity index (χ2v) is 11.6. The van der Waals surface area contributed by atoms with Crippen molar-refractivity contribution in [3.63, 3.8) is 0 Å². The van der Waals surface area contributed by atoms with Crippen LogP contribution < -0.4 is 10.1 Å². The molecule has 0 saturated heterocycles. The summed E-state index contributed by atoms with van der Waals surface area (Å²) in [5, 5.41) is 2.72. The number of carbonyl (C=O) groups excluding carboxylic acids is 1. The van der Waals surface area contributed by atoms with Gasteiger partial charge in [0.1, 0.15) is 12.4 Å². The molecule has 1 aromatic rings. The summed E-state index contributed by atoms with van der Waals surface area (Å²) in [6.07, 6.45) is 17.8. The fourth-order valence-corrected chi connectivity index (χ4v) is 4.70. The Morgan fingerprint density at radius 3 is 1.13 bits per heavy atom. The highest BCUT2D eigenvalue weighted by Gasteiger charge is 1.99. The monoisotopic (exact) mass is 669 g/mol. The molecule has 0 radical (unpaired) electrons. The van der Waals surface area contributed by atoms with E-state index in [0.29, 0.717) is 92.5 Å². The van der Waals surface area contributed by atoms with Crippen molar-refractivity contribution < 1.29 is 42.7 Å². The largest absolute Gasteiger partial charge is 0.491 e. The van der Waals surface area contributed by atoms with E-state index in [0.717, 1.165) is 24.5 Å². The van der Waals surface area contributed by atoms with E-state index in [4.69, 9.17) is 37.9 Å². The molecule has 0 aromatic heterocycles. The molecule has 1 rings (SSSR count). The van der Waals surface area contributed by atoms with E-state index in [1.54, 1.807) is 12.1 Å². The molecule has 1 amide bonds. The first-order valence-corrected chi connectivity index (χ1v) is 18.3. The summed E-state index contributed by atoms with van der Waals surface area (Å²) in [6, 6.07) is 7.21. The minimum absolute atomic E-state index is 0.101. The van der Waals surface area contributed by atoms with Crippen LogP contribution in [0.3, 0.4) is 0 Å². The summed E-state index contributed by atoms with van der Waals surface area (Å²) < 4.78 is 44.4. The van der Waals surface area contributed by atoms with Crippen LogP contribution in [0, 0.1) is 0 Å². The van der Waals surface area contributed by atoms with Crippen molar-refractivity contribution in [3.05, 3.63) is 24.3 Å². The maximum atomic E-state index is 11.0. The van der Waals surface area contributed by atoms with Crippen LogP contribution in [0.2, 0.25) is 0 Å². The van der Waals surface area contributed by atoms with Crippen LogP contribution in [0.25, 0.3) is 0 Å². The highest BCUT2D eigenvalue weighted by molar-refractivity contribution is 5.88. The van der Waals surface area contributed by atoms with Gasteiger partial charge in [0.2, 0.25) is 5.91 Å². The Morgan fingerprint density at radius 1 is 0.447 bits per heavy atom. The maximum absolute atomic E-state index is 11.0. The van der Waals surface area contributed by atoms with E-state index < -0.39 is 0 Å². The zero-order chi connectivity index (χ0) is 33.7. The van der Waals surface area contributed by atoms with Gasteiger partial charge in [0.05, 0.1) is 85.9 Å². The van der Waals surface area contributed by atoms with Crippen LogP contribution in [0.5, 0.6) is 5.75 Å². The van der Waals surface area contributed by atoms with E-state index in [1.165, 1.54) is 84.0 Å². The Labute approximate surface area is 285 Å². The van der Waals surface area contributed by atoms with Gasteiger partial charge in [0, 0.05) is 19.2 Å². The number of rotatable bonds is 37. The summed E-state index contributed by atoms with van der Waals surface area (Å²) in [7, 11) is 0. The smallest absolute Gasteiger partial charge is 0.221 e. The van der Waals surface area contributed by atoms with Crippen LogP contribution in [0.1, 0.15) is 97.3 Å². The number of unbranched alkanes of at least 4 members (excludes halogenated alkanes) is 12. The van der Waals surface area contributed by atoms with Gasteiger partial charge < -0.3 is 43.2 Å². The summed E-state index contributed by atoms with van der Waals surface area (Å²) in [5.74, 6) is 0.625. The van der Waals surface area contributed by atoms with E-state index in [1.807, 2.05) is 12.1 Å². The van der Waals surface area contributed by atoms with Crippen molar-refractivity contribution in [2.24, 2.45) is 0 Å². The predicted octanol–water partition coefficient (Wildman–Crippen LogP) is 7.23. The molecule has 0 fully saturated rings. The lowest BCUT2D eigenvalue weighted by atomic mass is 10.0. The second kappa shape index (κ2) is 35.5. The van der Waals surface area contributed by atoms with Crippen molar-refractivity contribution in [1.82, 2.24) is 0 Å². The Morgan fingerprint density at radius 2 is 0.766 bits per heavy atom. The van der Waals surface area contributed by atoms with Gasteiger partial charge in [-0.15, -0.1) is 0 Å². The molecule has 0 heterocycles. The second-order valence-electron chi connectivity index (χ2n) is 11.6. The van der Waals surface area contributed by atoms with Gasteiger partial charge in [0.15, 0.2) is 0 Å². The quantitative estimate of drug-likeness (QED) is 0.0735. The molecule has 0 aliphatic heterocycles. The van der Waals surface area contributed by atoms with Crippen LogP contribution in [0.15, 0.2) is 24.3 Å². The number of hydrogen-bond donors (Lipinski definition) is 1. The molecular weight excluding hydrogens is 602 g/mol. The summed E-state index contributed by atoms with van der Waals surface area (Å²) in [5.41, 5.74) is 0.739. The van der Waals surface area contributed by atoms with Crippen LogP contribution in [0.4, 0.5) is 5.69 Å². The van der Waals surface area contributed by atoms with Crippen molar-refractivity contribution in [1.29, 1.82) is 0 Å². The van der Waals surface area contributed by atoms with Gasteiger partial charge in [-0.05, 0) is 30.7 Å². The molecule has 0 spiro atoms. The van der Waals surface area contributed by atoms with E-state index in [9.17, 15) is 4.79 Å². The lowest BCUT2D eigenvalue weighted by molar-refractivity contribution is -0.114. The van der Waals surface area contributed by atoms with Gasteiger partial charge >= 0.3 is 0 Å². The molecule has 0 atom stereocenters. The first-order chi connectivity index (χ1) is 23.2. The molecule has 0 bridgehead atoms. The topological polar surface area (TPSA) is 103 Å². The Bertz CT molecular complexity index is 782. The molecule has 47 heavy (non-hydrogen) atoms. The minimum atomic E-state index is -0.101. The zero-order valence-corrected chi connectivity index (χ0v) is 29.8. The fourth-order valence-electron chi connectivity index (χ4n) is 4.70. The third kappa shape index (κ3) is 32.5. The average Bonchev–Trinajstić information content (AvgIpc) is 3.07. The highest BCUT2D eigenvalue weighted by Crippen LogP contribution is 2.15. The predicted molar refractivity (Wildman–Crippen MR) is 188 cm³/mol. The molecule has 1 aromatic carbocycles. The third-order valence-electron chi connectivity index (χ3n) is 7.30. The van der Waals surface area contributed by atoms with Crippen molar-refractivity contribution in [3.8, 4) is 5.75 Å². The molecule has 274 valence electrons. The Kier molecular flexibility index (Phi) is 32.7. The van der Waals surface area contributed by atoms with Crippen LogP contribution >= 0.6 is 0 Å². The summed E-state index contributed by atoms with van der Waals surface area (Å²) >= 11 is 0. The average molecular weight is 670 g/mol. The van der Waals surface area contributed by atoms with Gasteiger partial charge in [-0.25, -0.2) is 0 Å². The molecule has 0 aliphatic carbocycles. The standard InChI is InChI=1S/C37H67NO9/c1-3-4-5-6-7-8-9-10-11-12-13-14-15-20-40-21-22-41-23-24-42-25-26-43-27-28-44-29-30-45-31-32-46-33-34-47-37-18-16-36(17-19-37)38-35(2)39/h16-19H,3-15,20-34H2,1-2H3,(H,38,39). The third-order valence-corrected chi connectivity index (χ3v) is 7.30. The normalized spacial score (nSPS) is 11.3. The highest BCUT2D eigenvalue weighted by atomic mass is 16.6. The number of benzene rings is 1. The number of carbonyl (C=O) groups is 1. The first-order valence-electron chi connectivity index (χ1n) is 18.3. The fraction of sp³-hybridized carbons (Fsp3) is 0.811. The van der Waals surface area contributed by atoms with E-state index in [-0.39, 0.29) is 5.91 Å². The SMILES string of the molecule is CCCCCCCCCCCCCCCOCCOCCOCCOCCOCCOCCOCCOc1ccc(NC(C)=O)cc1. The molecule has 0 unspecified atom stereocenters. The van der Waals surface area contributed by atoms with Gasteiger partial charge in [-0.1, -0.05) is 84.0 Å². The molecular formula is C37H67NO9. The number of hydrogen-bond acceptors (Lipinski definition) is 9. The number of ether oxygens (including phenoxy) is 8. The summed E-state index contributed by atoms with van der Waals surface area (Å²) in [6.45, 7) is 12.0. The van der Waals surface area contributed by atoms with Crippen LogP contribution in [-0.4, -0.2) is 105 Å². The van der Waals surface area contributed by atoms with E-state index >= 15 is 0 Å². The first kappa shape index (κ1) is 43.2. The van der Waals surface area contributed by atoms with Gasteiger partial charge in [-0.2, -0.15) is 0 Å². The number of anilines is 1. The van der Waals surface area contributed by atoms with Crippen molar-refractivity contribution in [2.45, 2.75) is 97.3 Å². The molecule has 0 aliphatic rings. The Balaban J connectivity index is 1.66. The maximum Gasteiger partial charge on any atom is 0.221 e. The molecule has 10 nitrogen and oxygen atoms in total. The van der Waals surface area contributed by atoms with Crippen LogP contribution in [-0.2, 0) is 38.0 Å². The number of nitrogens with one attached hydrogen (secondary N) is 1. The lowest BCUT2D eigenvalue weighted by Gasteiger charge is -2.09. The Hall–Kier alpha value is -1.79. The van der Waals surface area contributed by atoms with Crippen molar-refractivity contribution >= 4 is 11.6 Å². The van der Waals surface area contributed by atoms with Gasteiger partial charge in [0.25, 0.3) is 0 Å². The molecule has 10 heteroatoms. The van der Waals surface area contributed by atoms with E-state index in [2.05, 4.69) is 12.2 Å². The zero-order valence-electron chi connectivity index (χ0n) is 29.8. The lowest BCUT2D eigenvalue weighted by Crippen LogP contribution is -2.15. The minimum Gasteiger partial charge on any atom is -0.491 e. The molecule has 0 saturated carbocycles. The van der Waals surface area contributed by atoms with Crippen molar-refractivity contribution in [2.75, 3.05) is 104 Å². The summed E-state index contributed by atoms with van der Waals surface area (Å²) in [4.78, 5) is 11.0. The molecule has 1 N–H and O–H groups in total.